The molecule has 2 aliphatic carbocycles. The Labute approximate surface area is 145 Å². The lowest BCUT2D eigenvalue weighted by Crippen LogP contribution is -2.56. The first-order chi connectivity index (χ1) is 11.4. The third-order valence-corrected chi connectivity index (χ3v) is 7.23. The van der Waals surface area contributed by atoms with E-state index >= 15 is 0 Å². The minimum atomic E-state index is -0.427. The highest BCUT2D eigenvalue weighted by molar-refractivity contribution is 5.33. The summed E-state index contributed by atoms with van der Waals surface area (Å²) >= 11 is 0. The Morgan fingerprint density at radius 1 is 1.08 bits per heavy atom. The molecule has 3 fully saturated rings. The van der Waals surface area contributed by atoms with Crippen LogP contribution in [0.15, 0.2) is 24.3 Å². The summed E-state index contributed by atoms with van der Waals surface area (Å²) < 4.78 is 12.5. The largest absolute Gasteiger partial charge is 0.507 e. The summed E-state index contributed by atoms with van der Waals surface area (Å²) in [5, 5.41) is 10.1. The van der Waals surface area contributed by atoms with Crippen molar-refractivity contribution in [3.8, 4) is 5.75 Å². The molecule has 1 unspecified atom stereocenters. The van der Waals surface area contributed by atoms with Crippen molar-refractivity contribution in [2.45, 2.75) is 65.3 Å². The number of benzene rings is 1. The molecule has 1 N–H and O–H groups in total. The van der Waals surface area contributed by atoms with Gasteiger partial charge in [-0.3, -0.25) is 0 Å². The van der Waals surface area contributed by atoms with Crippen LogP contribution in [0.25, 0.3) is 0 Å². The predicted octanol–water partition coefficient (Wildman–Crippen LogP) is 5.05. The number of aromatic hydroxyl groups is 1. The summed E-state index contributed by atoms with van der Waals surface area (Å²) in [4.78, 5) is 0. The van der Waals surface area contributed by atoms with Gasteiger partial charge in [-0.25, -0.2) is 0 Å². The van der Waals surface area contributed by atoms with Crippen LogP contribution in [0.3, 0.4) is 0 Å². The van der Waals surface area contributed by atoms with Crippen molar-refractivity contribution in [1.29, 1.82) is 0 Å². The van der Waals surface area contributed by atoms with Crippen LogP contribution in [-0.4, -0.2) is 17.8 Å². The van der Waals surface area contributed by atoms with Crippen molar-refractivity contribution < 1.29 is 14.6 Å². The van der Waals surface area contributed by atoms with Crippen molar-refractivity contribution in [2.24, 2.45) is 22.7 Å². The molecule has 0 bridgehead atoms. The zero-order valence-corrected chi connectivity index (χ0v) is 15.1. The third kappa shape index (κ3) is 2.48. The normalized spacial score (nSPS) is 41.3. The van der Waals surface area contributed by atoms with Crippen molar-refractivity contribution in [2.75, 3.05) is 6.61 Å². The zero-order chi connectivity index (χ0) is 16.9. The molecule has 2 saturated carbocycles. The maximum atomic E-state index is 10.1. The molecule has 3 nitrogen and oxygen atoms in total. The molecule has 3 aliphatic rings. The molecule has 1 aromatic carbocycles. The van der Waals surface area contributed by atoms with Crippen LogP contribution >= 0.6 is 0 Å². The van der Waals surface area contributed by atoms with E-state index in [1.165, 1.54) is 25.7 Å². The lowest BCUT2D eigenvalue weighted by molar-refractivity contribution is -0.286. The van der Waals surface area contributed by atoms with E-state index in [4.69, 9.17) is 9.47 Å². The molecule has 1 aliphatic heterocycles. The van der Waals surface area contributed by atoms with Gasteiger partial charge in [0.15, 0.2) is 6.29 Å². The fourth-order valence-electron chi connectivity index (χ4n) is 5.99. The molecule has 132 valence electrons. The van der Waals surface area contributed by atoms with E-state index in [2.05, 4.69) is 20.8 Å². The van der Waals surface area contributed by atoms with Gasteiger partial charge in [-0.1, -0.05) is 45.4 Å². The average Bonchev–Trinajstić information content (AvgIpc) is 2.54. The van der Waals surface area contributed by atoms with Gasteiger partial charge in [0.2, 0.25) is 0 Å². The quantitative estimate of drug-likeness (QED) is 0.783. The minimum Gasteiger partial charge on any atom is -0.507 e. The molecular formula is C21H30O3. The number of phenolic OH excluding ortho intramolecular Hbond substituents is 1. The van der Waals surface area contributed by atoms with Crippen LogP contribution in [0, 0.1) is 22.7 Å². The van der Waals surface area contributed by atoms with Gasteiger partial charge in [0.1, 0.15) is 5.75 Å². The molecule has 24 heavy (non-hydrogen) atoms. The maximum absolute atomic E-state index is 10.1. The second kappa shape index (κ2) is 5.74. The first-order valence-corrected chi connectivity index (χ1v) is 9.47. The summed E-state index contributed by atoms with van der Waals surface area (Å²) in [6.45, 7) is 8.12. The van der Waals surface area contributed by atoms with Gasteiger partial charge in [-0.2, -0.15) is 0 Å². The van der Waals surface area contributed by atoms with Gasteiger partial charge in [-0.05, 0) is 48.5 Å². The predicted molar refractivity (Wildman–Crippen MR) is 93.6 cm³/mol. The summed E-state index contributed by atoms with van der Waals surface area (Å²) in [6.07, 6.45) is 6.12. The van der Waals surface area contributed by atoms with E-state index < -0.39 is 6.29 Å². The second-order valence-electron chi connectivity index (χ2n) is 8.98. The fourth-order valence-corrected chi connectivity index (χ4v) is 5.99. The van der Waals surface area contributed by atoms with Gasteiger partial charge in [-0.15, -0.1) is 0 Å². The van der Waals surface area contributed by atoms with Crippen molar-refractivity contribution in [1.82, 2.24) is 0 Å². The van der Waals surface area contributed by atoms with Crippen LogP contribution in [0.2, 0.25) is 0 Å². The Morgan fingerprint density at radius 2 is 1.88 bits per heavy atom. The number of hydrogen-bond acceptors (Lipinski definition) is 3. The van der Waals surface area contributed by atoms with Crippen LogP contribution in [0.4, 0.5) is 0 Å². The average molecular weight is 330 g/mol. The monoisotopic (exact) mass is 330 g/mol. The van der Waals surface area contributed by atoms with Crippen LogP contribution < -0.4 is 0 Å². The van der Waals surface area contributed by atoms with Gasteiger partial charge in [0, 0.05) is 11.5 Å². The van der Waals surface area contributed by atoms with Crippen LogP contribution in [0.5, 0.6) is 5.75 Å². The van der Waals surface area contributed by atoms with E-state index in [-0.39, 0.29) is 11.9 Å². The molecule has 3 heteroatoms. The lowest BCUT2D eigenvalue weighted by Gasteiger charge is -2.60. The zero-order valence-electron chi connectivity index (χ0n) is 15.1. The lowest BCUT2D eigenvalue weighted by atomic mass is 9.48. The Bertz CT molecular complexity index is 611. The summed E-state index contributed by atoms with van der Waals surface area (Å²) in [6, 6.07) is 7.37. The van der Waals surface area contributed by atoms with Crippen molar-refractivity contribution in [3.05, 3.63) is 29.8 Å². The SMILES string of the molecule is CC1(C)CCC[C@@]2(C)C1CC[C@@H]1O[C@H](c3ccccc3O)OC[C@@H]12. The summed E-state index contributed by atoms with van der Waals surface area (Å²) in [7, 11) is 0. The first kappa shape index (κ1) is 16.4. The standard InChI is InChI=1S/C21H30O3/c1-20(2)11-6-12-21(3)15-13-23-19(14-7-4-5-8-16(14)22)24-17(15)9-10-18(20)21/h4-5,7-8,15,17-19,22H,6,9-13H2,1-3H3/t15-,17-,18?,19+,21+/m0/s1. The molecule has 1 heterocycles. The second-order valence-corrected chi connectivity index (χ2v) is 8.98. The Kier molecular flexibility index (Phi) is 3.92. The van der Waals surface area contributed by atoms with Gasteiger partial charge >= 0.3 is 0 Å². The van der Waals surface area contributed by atoms with Crippen LogP contribution in [0.1, 0.15) is 64.7 Å². The highest BCUT2D eigenvalue weighted by Gasteiger charge is 2.56. The minimum absolute atomic E-state index is 0.249. The van der Waals surface area contributed by atoms with E-state index in [0.29, 0.717) is 16.7 Å². The van der Waals surface area contributed by atoms with E-state index in [1.54, 1.807) is 6.07 Å². The molecule has 5 atom stereocenters. The number of rotatable bonds is 1. The van der Waals surface area contributed by atoms with Crippen molar-refractivity contribution >= 4 is 0 Å². The van der Waals surface area contributed by atoms with Gasteiger partial charge in [0.25, 0.3) is 0 Å². The molecular weight excluding hydrogens is 300 g/mol. The van der Waals surface area contributed by atoms with Gasteiger partial charge < -0.3 is 14.6 Å². The molecule has 0 amide bonds. The van der Waals surface area contributed by atoms with Crippen molar-refractivity contribution in [3.63, 3.8) is 0 Å². The van der Waals surface area contributed by atoms with Gasteiger partial charge in [0.05, 0.1) is 12.7 Å². The fraction of sp³-hybridized carbons (Fsp3) is 0.714. The third-order valence-electron chi connectivity index (χ3n) is 7.23. The Morgan fingerprint density at radius 3 is 2.67 bits per heavy atom. The summed E-state index contributed by atoms with van der Waals surface area (Å²) in [5.41, 5.74) is 1.49. The van der Waals surface area contributed by atoms with E-state index in [0.717, 1.165) is 24.5 Å². The van der Waals surface area contributed by atoms with Crippen LogP contribution in [-0.2, 0) is 9.47 Å². The summed E-state index contributed by atoms with van der Waals surface area (Å²) in [5.74, 6) is 1.49. The Hall–Kier alpha value is -1.06. The molecule has 0 aromatic heterocycles. The number of ether oxygens (including phenoxy) is 2. The number of para-hydroxylation sites is 1. The maximum Gasteiger partial charge on any atom is 0.187 e. The van der Waals surface area contributed by atoms with E-state index in [1.807, 2.05) is 18.2 Å². The molecule has 0 spiro atoms. The number of fused-ring (bicyclic) bond motifs is 3. The van der Waals surface area contributed by atoms with E-state index in [9.17, 15) is 5.11 Å². The molecule has 4 rings (SSSR count). The highest BCUT2D eigenvalue weighted by atomic mass is 16.7. The topological polar surface area (TPSA) is 38.7 Å². The number of hydrogen-bond donors (Lipinski definition) is 1. The highest BCUT2D eigenvalue weighted by Crippen LogP contribution is 2.61. The molecule has 1 aromatic rings. The Balaban J connectivity index is 1.57. The number of phenols is 1. The molecule has 1 saturated heterocycles. The molecule has 0 radical (unpaired) electrons. The smallest absolute Gasteiger partial charge is 0.187 e. The first-order valence-electron chi connectivity index (χ1n) is 9.47.